The molecular formula is C66H98O6. The van der Waals surface area contributed by atoms with Crippen LogP contribution < -0.4 is 0 Å². The molecule has 0 saturated heterocycles. The summed E-state index contributed by atoms with van der Waals surface area (Å²) in [5.41, 5.74) is 0. The van der Waals surface area contributed by atoms with Crippen LogP contribution in [0.4, 0.5) is 0 Å². The fourth-order valence-electron chi connectivity index (χ4n) is 6.60. The molecule has 0 saturated carbocycles. The topological polar surface area (TPSA) is 78.9 Å². The van der Waals surface area contributed by atoms with Gasteiger partial charge >= 0.3 is 17.9 Å². The smallest absolute Gasteiger partial charge is 0.306 e. The van der Waals surface area contributed by atoms with E-state index in [1.807, 2.05) is 12.2 Å². The Labute approximate surface area is 440 Å². The Hall–Kier alpha value is -5.49. The van der Waals surface area contributed by atoms with Gasteiger partial charge in [-0.1, -0.05) is 216 Å². The molecule has 0 amide bonds. The first-order valence-electron chi connectivity index (χ1n) is 27.8. The van der Waals surface area contributed by atoms with Crippen molar-refractivity contribution in [1.82, 2.24) is 0 Å². The van der Waals surface area contributed by atoms with Crippen LogP contribution in [0, 0.1) is 0 Å². The fourth-order valence-corrected chi connectivity index (χ4v) is 6.60. The van der Waals surface area contributed by atoms with E-state index in [-0.39, 0.29) is 44.0 Å². The SMILES string of the molecule is CC/C=C\C/C=C\C/C=C\C/C=C\C/C=C\C/C=C\CCC(=O)OCC(COC(=O)CCCCC/C=C\C/C=C\C/C=C\C/C=C\CC)OC(=O)CCCCC/C=C\C/C=C\C/C=C\C/C=C\C/C=C\CC. The number of unbranched alkanes of at least 4 members (excludes halogenated alkanes) is 6. The molecule has 0 bridgehead atoms. The Morgan fingerprint density at radius 3 is 0.833 bits per heavy atom. The first-order chi connectivity index (χ1) is 35.5. The molecule has 1 atom stereocenters. The van der Waals surface area contributed by atoms with Crippen LogP contribution in [0.15, 0.2) is 182 Å². The summed E-state index contributed by atoms with van der Waals surface area (Å²) in [7, 11) is 0. The summed E-state index contributed by atoms with van der Waals surface area (Å²) >= 11 is 0. The maximum Gasteiger partial charge on any atom is 0.306 e. The van der Waals surface area contributed by atoms with E-state index < -0.39 is 6.10 Å². The summed E-state index contributed by atoms with van der Waals surface area (Å²) in [5, 5.41) is 0. The molecule has 0 aliphatic heterocycles. The molecule has 398 valence electrons. The van der Waals surface area contributed by atoms with E-state index in [0.29, 0.717) is 19.3 Å². The quantitative estimate of drug-likeness (QED) is 0.0262. The third-order valence-electron chi connectivity index (χ3n) is 10.7. The number of esters is 3. The molecule has 6 heteroatoms. The monoisotopic (exact) mass is 987 g/mol. The average molecular weight is 988 g/mol. The molecule has 0 radical (unpaired) electrons. The Kier molecular flexibility index (Phi) is 53.7. The van der Waals surface area contributed by atoms with Crippen LogP contribution in [0.25, 0.3) is 0 Å². The van der Waals surface area contributed by atoms with Crippen LogP contribution in [0.2, 0.25) is 0 Å². The number of hydrogen-bond donors (Lipinski definition) is 0. The highest BCUT2D eigenvalue weighted by Gasteiger charge is 2.19. The van der Waals surface area contributed by atoms with Crippen molar-refractivity contribution in [2.75, 3.05) is 13.2 Å². The molecule has 72 heavy (non-hydrogen) atoms. The predicted molar refractivity (Wildman–Crippen MR) is 311 cm³/mol. The summed E-state index contributed by atoms with van der Waals surface area (Å²) in [5.74, 6) is -1.10. The van der Waals surface area contributed by atoms with Gasteiger partial charge in [-0.2, -0.15) is 0 Å². The number of allylic oxidation sites excluding steroid dienone is 30. The highest BCUT2D eigenvalue weighted by Crippen LogP contribution is 2.10. The van der Waals surface area contributed by atoms with Gasteiger partial charge in [0.25, 0.3) is 0 Å². The van der Waals surface area contributed by atoms with E-state index in [0.717, 1.165) is 141 Å². The lowest BCUT2D eigenvalue weighted by Crippen LogP contribution is -2.30. The standard InChI is InChI=1S/C66H98O6/c1-4-7-10-13-16-19-22-25-28-31-33-35-38-41-44-47-50-53-56-59-65(68)71-62-63(61-70-64(67)58-55-52-49-46-43-40-37-30-27-24-21-18-15-12-9-6-3)72-66(69)60-57-54-51-48-45-42-39-36-34-32-29-26-23-20-17-14-11-8-5-2/h7-12,16-21,25-30,33-36,40-45,50,53,63H,4-6,13-15,22-24,31-32,37-39,46-49,51-52,54-62H2,1-3H3/b10-7-,11-8-,12-9-,19-16-,20-17-,21-18-,28-25-,29-26-,30-27-,35-33-,36-34-,43-40-,44-41-,45-42-,53-50-. The number of carbonyl (C=O) groups is 3. The summed E-state index contributed by atoms with van der Waals surface area (Å²) in [6.07, 6.45) is 87.5. The lowest BCUT2D eigenvalue weighted by atomic mass is 10.1. The second-order valence-corrected chi connectivity index (χ2v) is 17.3. The molecule has 0 rings (SSSR count). The first-order valence-corrected chi connectivity index (χ1v) is 27.8. The minimum Gasteiger partial charge on any atom is -0.462 e. The van der Waals surface area contributed by atoms with Crippen molar-refractivity contribution in [3.8, 4) is 0 Å². The number of carbonyl (C=O) groups excluding carboxylic acids is 3. The van der Waals surface area contributed by atoms with E-state index in [4.69, 9.17) is 14.2 Å². The summed E-state index contributed by atoms with van der Waals surface area (Å²) in [4.78, 5) is 38.1. The van der Waals surface area contributed by atoms with Gasteiger partial charge in [0, 0.05) is 19.3 Å². The first kappa shape index (κ1) is 66.5. The van der Waals surface area contributed by atoms with Crippen molar-refractivity contribution in [3.05, 3.63) is 182 Å². The molecular weight excluding hydrogens is 889 g/mol. The minimum absolute atomic E-state index is 0.142. The van der Waals surface area contributed by atoms with E-state index >= 15 is 0 Å². The van der Waals surface area contributed by atoms with Gasteiger partial charge in [0.1, 0.15) is 13.2 Å². The molecule has 0 N–H and O–H groups in total. The molecule has 0 heterocycles. The largest absolute Gasteiger partial charge is 0.462 e. The molecule has 0 aromatic carbocycles. The van der Waals surface area contributed by atoms with Crippen LogP contribution in [-0.4, -0.2) is 37.2 Å². The average Bonchev–Trinajstić information content (AvgIpc) is 3.38. The predicted octanol–water partition coefficient (Wildman–Crippen LogP) is 18.9. The van der Waals surface area contributed by atoms with Gasteiger partial charge in [-0.3, -0.25) is 14.4 Å². The van der Waals surface area contributed by atoms with Crippen molar-refractivity contribution in [3.63, 3.8) is 0 Å². The number of hydrogen-bond acceptors (Lipinski definition) is 6. The van der Waals surface area contributed by atoms with E-state index in [1.165, 1.54) is 0 Å². The normalized spacial score (nSPS) is 13.5. The molecule has 0 aromatic heterocycles. The van der Waals surface area contributed by atoms with E-state index in [2.05, 4.69) is 191 Å². The second-order valence-electron chi connectivity index (χ2n) is 17.3. The van der Waals surface area contributed by atoms with Gasteiger partial charge < -0.3 is 14.2 Å². The Morgan fingerprint density at radius 2 is 0.528 bits per heavy atom. The molecule has 0 fully saturated rings. The molecule has 0 aliphatic carbocycles. The van der Waals surface area contributed by atoms with Crippen LogP contribution >= 0.6 is 0 Å². The third-order valence-corrected chi connectivity index (χ3v) is 10.7. The lowest BCUT2D eigenvalue weighted by Gasteiger charge is -2.18. The highest BCUT2D eigenvalue weighted by molar-refractivity contribution is 5.71. The van der Waals surface area contributed by atoms with Gasteiger partial charge in [-0.15, -0.1) is 0 Å². The van der Waals surface area contributed by atoms with Crippen LogP contribution in [0.3, 0.4) is 0 Å². The number of ether oxygens (including phenoxy) is 3. The summed E-state index contributed by atoms with van der Waals surface area (Å²) in [6.45, 7) is 6.15. The van der Waals surface area contributed by atoms with Crippen LogP contribution in [-0.2, 0) is 28.6 Å². The van der Waals surface area contributed by atoms with Gasteiger partial charge in [-0.25, -0.2) is 0 Å². The van der Waals surface area contributed by atoms with Gasteiger partial charge in [-0.05, 0) is 141 Å². The van der Waals surface area contributed by atoms with Crippen molar-refractivity contribution < 1.29 is 28.6 Å². The maximum atomic E-state index is 12.8. The van der Waals surface area contributed by atoms with Crippen molar-refractivity contribution in [1.29, 1.82) is 0 Å². The molecule has 0 aromatic rings. The molecule has 0 spiro atoms. The van der Waals surface area contributed by atoms with Crippen molar-refractivity contribution in [2.24, 2.45) is 0 Å². The molecule has 1 unspecified atom stereocenters. The summed E-state index contributed by atoms with van der Waals surface area (Å²) < 4.78 is 16.7. The summed E-state index contributed by atoms with van der Waals surface area (Å²) in [6, 6.07) is 0. The van der Waals surface area contributed by atoms with Gasteiger partial charge in [0.05, 0.1) is 0 Å². The van der Waals surface area contributed by atoms with Gasteiger partial charge in [0.2, 0.25) is 0 Å². The zero-order valence-corrected chi connectivity index (χ0v) is 45.4. The molecule has 0 aliphatic rings. The zero-order chi connectivity index (χ0) is 52.2. The van der Waals surface area contributed by atoms with Crippen LogP contribution in [0.1, 0.15) is 194 Å². The Morgan fingerprint density at radius 1 is 0.278 bits per heavy atom. The third kappa shape index (κ3) is 55.4. The minimum atomic E-state index is -0.851. The Bertz CT molecular complexity index is 1750. The van der Waals surface area contributed by atoms with Crippen molar-refractivity contribution in [2.45, 2.75) is 200 Å². The van der Waals surface area contributed by atoms with E-state index in [9.17, 15) is 14.4 Å². The number of rotatable bonds is 47. The molecule has 6 nitrogen and oxygen atoms in total. The maximum absolute atomic E-state index is 12.8. The van der Waals surface area contributed by atoms with Crippen molar-refractivity contribution >= 4 is 17.9 Å². The lowest BCUT2D eigenvalue weighted by molar-refractivity contribution is -0.166. The zero-order valence-electron chi connectivity index (χ0n) is 45.4. The van der Waals surface area contributed by atoms with Crippen LogP contribution in [0.5, 0.6) is 0 Å². The van der Waals surface area contributed by atoms with E-state index in [1.54, 1.807) is 0 Å². The fraction of sp³-hybridized carbons (Fsp3) is 0.500. The second kappa shape index (κ2) is 58.1. The highest BCUT2D eigenvalue weighted by atomic mass is 16.6. The van der Waals surface area contributed by atoms with Gasteiger partial charge in [0.15, 0.2) is 6.10 Å². The Balaban J connectivity index is 4.67.